The number of carbonyl (C=O) groups excluding carboxylic acids is 1. The summed E-state index contributed by atoms with van der Waals surface area (Å²) >= 11 is 0. The van der Waals surface area contributed by atoms with Crippen LogP contribution in [0, 0.1) is 18.8 Å². The van der Waals surface area contributed by atoms with E-state index in [1.165, 1.54) is 12.8 Å². The Labute approximate surface area is 126 Å². The molecule has 3 nitrogen and oxygen atoms in total. The molecule has 1 saturated carbocycles. The zero-order valence-corrected chi connectivity index (χ0v) is 12.8. The number of aliphatic hydroxyl groups is 1. The van der Waals surface area contributed by atoms with Crippen molar-refractivity contribution in [2.45, 2.75) is 51.5 Å². The zero-order valence-electron chi connectivity index (χ0n) is 12.8. The molecule has 1 aromatic rings. The van der Waals surface area contributed by atoms with E-state index in [1.807, 2.05) is 25.1 Å². The summed E-state index contributed by atoms with van der Waals surface area (Å²) < 4.78 is 0. The van der Waals surface area contributed by atoms with Crippen molar-refractivity contribution in [3.63, 3.8) is 0 Å². The van der Waals surface area contributed by atoms with Gasteiger partial charge in [0.05, 0.1) is 6.61 Å². The first-order chi connectivity index (χ1) is 10.0. The third kappa shape index (κ3) is 4.09. The highest BCUT2D eigenvalue weighted by molar-refractivity contribution is 5.95. The second-order valence-corrected chi connectivity index (χ2v) is 6.03. The summed E-state index contributed by atoms with van der Waals surface area (Å²) in [4.78, 5) is 12.4. The third-order valence-electron chi connectivity index (χ3n) is 4.08. The Morgan fingerprint density at radius 2 is 2.10 bits per heavy atom. The average molecular weight is 285 g/mol. The molecule has 3 heteroatoms. The SMILES string of the molecule is Cc1ccc(C(=O)NC2(C)CCCC2)cc1C#CCCO. The van der Waals surface area contributed by atoms with E-state index in [1.54, 1.807) is 0 Å². The monoisotopic (exact) mass is 285 g/mol. The second kappa shape index (κ2) is 6.78. The molecule has 0 radical (unpaired) electrons. The van der Waals surface area contributed by atoms with Crippen LogP contribution >= 0.6 is 0 Å². The van der Waals surface area contributed by atoms with Crippen LogP contribution in [0.15, 0.2) is 18.2 Å². The third-order valence-corrected chi connectivity index (χ3v) is 4.08. The summed E-state index contributed by atoms with van der Waals surface area (Å²) in [5.41, 5.74) is 2.49. The van der Waals surface area contributed by atoms with Gasteiger partial charge in [-0.15, -0.1) is 0 Å². The van der Waals surface area contributed by atoms with Gasteiger partial charge in [-0.05, 0) is 44.4 Å². The number of rotatable bonds is 3. The van der Waals surface area contributed by atoms with Gasteiger partial charge in [0.2, 0.25) is 0 Å². The van der Waals surface area contributed by atoms with E-state index >= 15 is 0 Å². The van der Waals surface area contributed by atoms with Crippen molar-refractivity contribution in [2.24, 2.45) is 0 Å². The molecule has 112 valence electrons. The highest BCUT2D eigenvalue weighted by Crippen LogP contribution is 2.29. The zero-order chi connectivity index (χ0) is 15.3. The molecule has 1 aromatic carbocycles. The molecule has 0 heterocycles. The molecule has 0 saturated heterocycles. The smallest absolute Gasteiger partial charge is 0.251 e. The first kappa shape index (κ1) is 15.6. The van der Waals surface area contributed by atoms with E-state index in [0.29, 0.717) is 12.0 Å². The minimum Gasteiger partial charge on any atom is -0.395 e. The lowest BCUT2D eigenvalue weighted by molar-refractivity contribution is 0.0908. The van der Waals surface area contributed by atoms with Gasteiger partial charge in [0.1, 0.15) is 0 Å². The van der Waals surface area contributed by atoms with E-state index in [-0.39, 0.29) is 18.1 Å². The summed E-state index contributed by atoms with van der Waals surface area (Å²) in [7, 11) is 0. The first-order valence-corrected chi connectivity index (χ1v) is 7.57. The standard InChI is InChI=1S/C18H23NO2/c1-14-8-9-16(13-15(14)7-3-6-12-20)17(21)19-18(2)10-4-5-11-18/h8-9,13,20H,4-6,10-12H2,1-2H3,(H,19,21). The van der Waals surface area contributed by atoms with Gasteiger partial charge in [-0.25, -0.2) is 0 Å². The molecule has 0 unspecified atom stereocenters. The fourth-order valence-corrected chi connectivity index (χ4v) is 2.74. The van der Waals surface area contributed by atoms with Gasteiger partial charge in [-0.1, -0.05) is 30.7 Å². The summed E-state index contributed by atoms with van der Waals surface area (Å²) in [5, 5.41) is 11.9. The molecule has 0 aliphatic heterocycles. The molecule has 2 rings (SSSR count). The molecule has 1 amide bonds. The van der Waals surface area contributed by atoms with E-state index < -0.39 is 0 Å². The number of amides is 1. The fraction of sp³-hybridized carbons (Fsp3) is 0.500. The van der Waals surface area contributed by atoms with Crippen molar-refractivity contribution < 1.29 is 9.90 Å². The average Bonchev–Trinajstić information content (AvgIpc) is 2.87. The fourth-order valence-electron chi connectivity index (χ4n) is 2.74. The topological polar surface area (TPSA) is 49.3 Å². The maximum Gasteiger partial charge on any atom is 0.251 e. The molecule has 1 aliphatic carbocycles. The van der Waals surface area contributed by atoms with Crippen molar-refractivity contribution in [2.75, 3.05) is 6.61 Å². The van der Waals surface area contributed by atoms with Gasteiger partial charge in [-0.3, -0.25) is 4.79 Å². The van der Waals surface area contributed by atoms with Crippen LogP contribution in [-0.4, -0.2) is 23.2 Å². The van der Waals surface area contributed by atoms with Crippen molar-refractivity contribution in [1.29, 1.82) is 0 Å². The summed E-state index contributed by atoms with van der Waals surface area (Å²) in [6, 6.07) is 5.61. The molecule has 1 aliphatic rings. The number of aliphatic hydroxyl groups excluding tert-OH is 1. The van der Waals surface area contributed by atoms with Crippen LogP contribution in [-0.2, 0) is 0 Å². The van der Waals surface area contributed by atoms with Gasteiger partial charge in [0.25, 0.3) is 5.91 Å². The van der Waals surface area contributed by atoms with E-state index in [2.05, 4.69) is 24.1 Å². The number of aryl methyl sites for hydroxylation is 1. The number of hydrogen-bond acceptors (Lipinski definition) is 2. The lowest BCUT2D eigenvalue weighted by atomic mass is 9.99. The quantitative estimate of drug-likeness (QED) is 0.839. The molecule has 21 heavy (non-hydrogen) atoms. The van der Waals surface area contributed by atoms with E-state index in [0.717, 1.165) is 24.0 Å². The Bertz CT molecular complexity index is 575. The number of carbonyl (C=O) groups is 1. The largest absolute Gasteiger partial charge is 0.395 e. The Hall–Kier alpha value is -1.79. The van der Waals surface area contributed by atoms with Gasteiger partial charge in [0, 0.05) is 23.1 Å². The van der Waals surface area contributed by atoms with Gasteiger partial charge < -0.3 is 10.4 Å². The van der Waals surface area contributed by atoms with Crippen LogP contribution in [0.3, 0.4) is 0 Å². The van der Waals surface area contributed by atoms with Crippen LogP contribution < -0.4 is 5.32 Å². The Balaban J connectivity index is 2.14. The molecule has 0 bridgehead atoms. The van der Waals surface area contributed by atoms with Crippen LogP contribution in [0.25, 0.3) is 0 Å². The number of benzene rings is 1. The molecule has 1 fully saturated rings. The highest BCUT2D eigenvalue weighted by Gasteiger charge is 2.30. The minimum absolute atomic E-state index is 0.0235. The Morgan fingerprint density at radius 1 is 1.38 bits per heavy atom. The Morgan fingerprint density at radius 3 is 2.76 bits per heavy atom. The molecule has 2 N–H and O–H groups in total. The predicted molar refractivity (Wildman–Crippen MR) is 84.1 cm³/mol. The molecule has 0 spiro atoms. The predicted octanol–water partition coefficient (Wildman–Crippen LogP) is 2.79. The van der Waals surface area contributed by atoms with Crippen LogP contribution in [0.4, 0.5) is 0 Å². The lowest BCUT2D eigenvalue weighted by Gasteiger charge is -2.25. The number of nitrogens with one attached hydrogen (secondary N) is 1. The van der Waals surface area contributed by atoms with Crippen molar-refractivity contribution >= 4 is 5.91 Å². The van der Waals surface area contributed by atoms with Gasteiger partial charge in [-0.2, -0.15) is 0 Å². The van der Waals surface area contributed by atoms with Crippen LogP contribution in [0.5, 0.6) is 0 Å². The van der Waals surface area contributed by atoms with E-state index in [4.69, 9.17) is 5.11 Å². The summed E-state index contributed by atoms with van der Waals surface area (Å²) in [6.07, 6.45) is 4.92. The summed E-state index contributed by atoms with van der Waals surface area (Å²) in [5.74, 6) is 5.91. The highest BCUT2D eigenvalue weighted by atomic mass is 16.2. The molecule has 0 atom stereocenters. The lowest BCUT2D eigenvalue weighted by Crippen LogP contribution is -2.43. The second-order valence-electron chi connectivity index (χ2n) is 6.03. The maximum atomic E-state index is 12.4. The molecule has 0 aromatic heterocycles. The van der Waals surface area contributed by atoms with Crippen molar-refractivity contribution in [3.05, 3.63) is 34.9 Å². The molecular weight excluding hydrogens is 262 g/mol. The van der Waals surface area contributed by atoms with Crippen LogP contribution in [0.2, 0.25) is 0 Å². The number of hydrogen-bond donors (Lipinski definition) is 2. The van der Waals surface area contributed by atoms with Crippen molar-refractivity contribution in [1.82, 2.24) is 5.32 Å². The van der Waals surface area contributed by atoms with Gasteiger partial charge in [0.15, 0.2) is 0 Å². The van der Waals surface area contributed by atoms with Crippen LogP contribution in [0.1, 0.15) is 60.5 Å². The van der Waals surface area contributed by atoms with E-state index in [9.17, 15) is 4.79 Å². The van der Waals surface area contributed by atoms with Gasteiger partial charge >= 0.3 is 0 Å². The molecular formula is C18H23NO2. The maximum absolute atomic E-state index is 12.4. The Kier molecular flexibility index (Phi) is 5.03. The summed E-state index contributed by atoms with van der Waals surface area (Å²) in [6.45, 7) is 4.15. The first-order valence-electron chi connectivity index (χ1n) is 7.57. The van der Waals surface area contributed by atoms with Crippen molar-refractivity contribution in [3.8, 4) is 11.8 Å². The normalized spacial score (nSPS) is 16.1. The minimum atomic E-state index is -0.0648.